The molecule has 2 aliphatic rings. The number of anilines is 2. The molecule has 3 aromatic rings. The van der Waals surface area contributed by atoms with E-state index in [4.69, 9.17) is 0 Å². The number of aromatic nitrogens is 4. The topological polar surface area (TPSA) is 146 Å². The summed E-state index contributed by atoms with van der Waals surface area (Å²) in [5, 5.41) is 12.9. The van der Waals surface area contributed by atoms with Crippen LogP contribution >= 0.6 is 0 Å². The molecule has 4 amide bonds. The number of rotatable bonds is 4. The molecule has 2 saturated heterocycles. The van der Waals surface area contributed by atoms with Crippen molar-refractivity contribution in [2.24, 2.45) is 0 Å². The predicted molar refractivity (Wildman–Crippen MR) is 107 cm³/mol. The Balaban J connectivity index is 1.23. The summed E-state index contributed by atoms with van der Waals surface area (Å²) in [4.78, 5) is 49.4. The lowest BCUT2D eigenvalue weighted by Gasteiger charge is -2.37. The molecule has 0 radical (unpaired) electrons. The third-order valence-corrected chi connectivity index (χ3v) is 5.54. The predicted octanol–water partition coefficient (Wildman–Crippen LogP) is 0.542. The zero-order valence-corrected chi connectivity index (χ0v) is 16.3. The molecule has 31 heavy (non-hydrogen) atoms. The summed E-state index contributed by atoms with van der Waals surface area (Å²) in [7, 11) is 0. The first kappa shape index (κ1) is 18.9. The Labute approximate surface area is 175 Å². The third-order valence-electron chi connectivity index (χ3n) is 5.54. The van der Waals surface area contributed by atoms with Crippen molar-refractivity contribution in [1.82, 2.24) is 30.5 Å². The molecule has 0 bridgehead atoms. The number of amides is 4. The smallest absolute Gasteiger partial charge is 0.325 e. The molecule has 0 saturated carbocycles. The van der Waals surface area contributed by atoms with Gasteiger partial charge in [-0.15, -0.1) is 0 Å². The van der Waals surface area contributed by atoms with Crippen LogP contribution in [0.4, 0.5) is 16.4 Å². The van der Waals surface area contributed by atoms with E-state index < -0.39 is 23.4 Å². The molecule has 2 aromatic heterocycles. The van der Waals surface area contributed by atoms with E-state index in [0.717, 1.165) is 4.90 Å². The van der Waals surface area contributed by atoms with Gasteiger partial charge in [0, 0.05) is 31.2 Å². The first-order valence-electron chi connectivity index (χ1n) is 9.72. The molecule has 12 heteroatoms. The fraction of sp³-hybridized carbons (Fsp3) is 0.316. The molecule has 1 aromatic carbocycles. The van der Waals surface area contributed by atoms with Crippen molar-refractivity contribution < 1.29 is 19.0 Å². The van der Waals surface area contributed by atoms with E-state index in [1.807, 2.05) is 4.90 Å². The second-order valence-electron chi connectivity index (χ2n) is 7.46. The van der Waals surface area contributed by atoms with Crippen molar-refractivity contribution in [3.05, 3.63) is 36.7 Å². The summed E-state index contributed by atoms with van der Waals surface area (Å²) in [6.07, 6.45) is 4.13. The molecular weight excluding hydrogens is 404 g/mol. The molecule has 0 aliphatic carbocycles. The van der Waals surface area contributed by atoms with Gasteiger partial charge >= 0.3 is 6.03 Å². The van der Waals surface area contributed by atoms with Crippen LogP contribution in [0.5, 0.6) is 0 Å². The molecule has 1 spiro atoms. The molecular formula is C19H18N8O4. The molecule has 12 nitrogen and oxygen atoms in total. The number of carbonyl (C=O) groups excluding carboxylic acids is 3. The van der Waals surface area contributed by atoms with Gasteiger partial charge in [-0.25, -0.2) is 19.4 Å². The van der Waals surface area contributed by atoms with Gasteiger partial charge in [-0.2, -0.15) is 0 Å². The zero-order valence-electron chi connectivity index (χ0n) is 16.3. The van der Waals surface area contributed by atoms with Crippen LogP contribution in [-0.2, 0) is 9.59 Å². The van der Waals surface area contributed by atoms with E-state index in [2.05, 4.69) is 35.5 Å². The largest absolute Gasteiger partial charge is 0.341 e. The van der Waals surface area contributed by atoms with Gasteiger partial charge in [0.25, 0.3) is 5.91 Å². The van der Waals surface area contributed by atoms with Crippen molar-refractivity contribution in [3.63, 3.8) is 0 Å². The van der Waals surface area contributed by atoms with E-state index in [9.17, 15) is 14.4 Å². The van der Waals surface area contributed by atoms with Crippen LogP contribution in [0.15, 0.2) is 41.3 Å². The van der Waals surface area contributed by atoms with Crippen LogP contribution < -0.4 is 15.5 Å². The van der Waals surface area contributed by atoms with E-state index in [0.29, 0.717) is 48.6 Å². The second-order valence-corrected chi connectivity index (χ2v) is 7.46. The van der Waals surface area contributed by atoms with Crippen molar-refractivity contribution in [3.8, 4) is 0 Å². The van der Waals surface area contributed by atoms with Crippen LogP contribution in [0, 0.1) is 0 Å². The van der Waals surface area contributed by atoms with Gasteiger partial charge in [-0.05, 0) is 47.4 Å². The monoisotopic (exact) mass is 422 g/mol. The summed E-state index contributed by atoms with van der Waals surface area (Å²) in [6, 6.07) is 6.05. The van der Waals surface area contributed by atoms with Gasteiger partial charge in [0.2, 0.25) is 11.9 Å². The van der Waals surface area contributed by atoms with Gasteiger partial charge in [0.15, 0.2) is 0 Å². The summed E-state index contributed by atoms with van der Waals surface area (Å²) in [5.41, 5.74) is 0.502. The lowest BCUT2D eigenvalue weighted by Crippen LogP contribution is -2.55. The fourth-order valence-electron chi connectivity index (χ4n) is 3.91. The first-order chi connectivity index (χ1) is 15.0. The van der Waals surface area contributed by atoms with E-state index in [1.165, 1.54) is 0 Å². The highest BCUT2D eigenvalue weighted by atomic mass is 16.6. The lowest BCUT2D eigenvalue weighted by molar-refractivity contribution is -0.134. The van der Waals surface area contributed by atoms with E-state index >= 15 is 0 Å². The maximum absolute atomic E-state index is 13.0. The normalized spacial score (nSPS) is 17.9. The fourth-order valence-corrected chi connectivity index (χ4v) is 3.91. The van der Waals surface area contributed by atoms with Gasteiger partial charge in [-0.1, -0.05) is 0 Å². The Morgan fingerprint density at radius 3 is 2.65 bits per heavy atom. The molecule has 158 valence electrons. The van der Waals surface area contributed by atoms with Crippen molar-refractivity contribution in [2.75, 3.05) is 29.9 Å². The molecule has 2 N–H and O–H groups in total. The highest BCUT2D eigenvalue weighted by Gasteiger charge is 2.52. The molecule has 2 aliphatic heterocycles. The Morgan fingerprint density at radius 1 is 1.13 bits per heavy atom. The third kappa shape index (κ3) is 3.41. The number of nitrogens with zero attached hydrogens (tertiary/aromatic N) is 6. The second kappa shape index (κ2) is 7.31. The molecule has 0 unspecified atom stereocenters. The molecule has 0 atom stereocenters. The molecule has 2 fully saturated rings. The number of imide groups is 1. The van der Waals surface area contributed by atoms with Crippen LogP contribution in [-0.4, -0.2) is 68.2 Å². The van der Waals surface area contributed by atoms with E-state index in [-0.39, 0.29) is 6.54 Å². The highest BCUT2D eigenvalue weighted by Crippen LogP contribution is 2.30. The van der Waals surface area contributed by atoms with Gasteiger partial charge < -0.3 is 15.5 Å². The van der Waals surface area contributed by atoms with Crippen LogP contribution in [0.1, 0.15) is 12.8 Å². The van der Waals surface area contributed by atoms with Crippen molar-refractivity contribution >= 4 is 40.5 Å². The number of hydrogen-bond donors (Lipinski definition) is 2. The summed E-state index contributed by atoms with van der Waals surface area (Å²) < 4.78 is 4.63. The average molecular weight is 422 g/mol. The minimum Gasteiger partial charge on any atom is -0.341 e. The number of carbonyl (C=O) groups is 3. The number of urea groups is 1. The van der Waals surface area contributed by atoms with Gasteiger partial charge in [0.05, 0.1) is 0 Å². The van der Waals surface area contributed by atoms with Gasteiger partial charge in [-0.3, -0.25) is 14.5 Å². The summed E-state index contributed by atoms with van der Waals surface area (Å²) in [6.45, 7) is 0.649. The van der Waals surface area contributed by atoms with Crippen molar-refractivity contribution in [1.29, 1.82) is 0 Å². The summed E-state index contributed by atoms with van der Waals surface area (Å²) >= 11 is 0. The van der Waals surface area contributed by atoms with Crippen LogP contribution in [0.3, 0.4) is 0 Å². The highest BCUT2D eigenvalue weighted by molar-refractivity contribution is 6.10. The molecule has 5 rings (SSSR count). The Kier molecular flexibility index (Phi) is 4.46. The number of hydrogen-bond acceptors (Lipinski definition) is 9. The minimum absolute atomic E-state index is 0.382. The molecule has 4 heterocycles. The number of nitrogens with one attached hydrogen (secondary N) is 2. The first-order valence-corrected chi connectivity index (χ1v) is 9.72. The SMILES string of the molecule is O=C(CN1C(=O)NC2(CCN(c3ncccn3)CC2)C1=O)Nc1ccc2nonc2c1. The maximum atomic E-state index is 13.0. The lowest BCUT2D eigenvalue weighted by atomic mass is 9.87. The number of benzene rings is 1. The standard InChI is InChI=1S/C19H18N8O4/c28-15(22-12-2-3-13-14(10-12)25-31-24-13)11-27-16(29)19(23-18(27)30)4-8-26(9-5-19)17-20-6-1-7-21-17/h1-3,6-7,10H,4-5,8-9,11H2,(H,22,28)(H,23,30). The van der Waals surface area contributed by atoms with Gasteiger partial charge in [0.1, 0.15) is 23.1 Å². The Bertz CT molecular complexity index is 1160. The Hall–Kier alpha value is -4.09. The zero-order chi connectivity index (χ0) is 21.4. The van der Waals surface area contributed by atoms with Crippen LogP contribution in [0.2, 0.25) is 0 Å². The number of fused-ring (bicyclic) bond motifs is 1. The maximum Gasteiger partial charge on any atom is 0.325 e. The minimum atomic E-state index is -1.01. The van der Waals surface area contributed by atoms with Crippen LogP contribution in [0.25, 0.3) is 11.0 Å². The van der Waals surface area contributed by atoms with Crippen molar-refractivity contribution in [2.45, 2.75) is 18.4 Å². The average Bonchev–Trinajstić information content (AvgIpc) is 3.33. The quantitative estimate of drug-likeness (QED) is 0.575. The van der Waals surface area contributed by atoms with E-state index in [1.54, 1.807) is 36.7 Å². The summed E-state index contributed by atoms with van der Waals surface area (Å²) in [5.74, 6) is -0.298. The Morgan fingerprint density at radius 2 is 1.87 bits per heavy atom. The number of piperidine rings is 1.